The van der Waals surface area contributed by atoms with Crippen molar-refractivity contribution in [2.24, 2.45) is 0 Å². The SMILES string of the molecule is CC(=O)C1C/C(=C\c2cc(-c3ccc(C)cc3)no2)C(=O)O1. The highest BCUT2D eigenvalue weighted by Crippen LogP contribution is 2.25. The molecule has 1 aliphatic rings. The fourth-order valence-corrected chi connectivity index (χ4v) is 2.26. The first kappa shape index (κ1) is 14.3. The predicted octanol–water partition coefficient (Wildman–Crippen LogP) is 2.94. The quantitative estimate of drug-likeness (QED) is 0.643. The molecule has 22 heavy (non-hydrogen) atoms. The van der Waals surface area contributed by atoms with Crippen LogP contribution in [0.2, 0.25) is 0 Å². The Morgan fingerprint density at radius 3 is 2.68 bits per heavy atom. The van der Waals surface area contributed by atoms with E-state index in [1.807, 2.05) is 31.2 Å². The predicted molar refractivity (Wildman–Crippen MR) is 79.8 cm³/mol. The van der Waals surface area contributed by atoms with Gasteiger partial charge in [-0.2, -0.15) is 0 Å². The summed E-state index contributed by atoms with van der Waals surface area (Å²) < 4.78 is 10.2. The summed E-state index contributed by atoms with van der Waals surface area (Å²) in [7, 11) is 0. The van der Waals surface area contributed by atoms with Crippen LogP contribution in [-0.2, 0) is 14.3 Å². The third kappa shape index (κ3) is 2.83. The zero-order valence-corrected chi connectivity index (χ0v) is 12.3. The van der Waals surface area contributed by atoms with Gasteiger partial charge in [0.25, 0.3) is 0 Å². The van der Waals surface area contributed by atoms with Crippen molar-refractivity contribution >= 4 is 17.8 Å². The molecule has 1 aliphatic heterocycles. The molecule has 3 rings (SSSR count). The van der Waals surface area contributed by atoms with E-state index in [1.54, 1.807) is 12.1 Å². The van der Waals surface area contributed by atoms with Crippen molar-refractivity contribution in [3.63, 3.8) is 0 Å². The highest BCUT2D eigenvalue weighted by atomic mass is 16.6. The summed E-state index contributed by atoms with van der Waals surface area (Å²) in [5, 5.41) is 4.00. The summed E-state index contributed by atoms with van der Waals surface area (Å²) in [6.45, 7) is 3.42. The molecule has 0 aliphatic carbocycles. The van der Waals surface area contributed by atoms with Crippen LogP contribution in [0, 0.1) is 6.92 Å². The number of carbonyl (C=O) groups excluding carboxylic acids is 2. The fourth-order valence-electron chi connectivity index (χ4n) is 2.26. The van der Waals surface area contributed by atoms with Gasteiger partial charge in [-0.25, -0.2) is 4.79 Å². The molecule has 2 aromatic rings. The van der Waals surface area contributed by atoms with Gasteiger partial charge in [0.1, 0.15) is 5.69 Å². The molecule has 0 bridgehead atoms. The van der Waals surface area contributed by atoms with Crippen LogP contribution in [0.1, 0.15) is 24.7 Å². The molecular formula is C17H15NO4. The van der Waals surface area contributed by atoms with Crippen LogP contribution >= 0.6 is 0 Å². The number of aryl methyl sites for hydroxylation is 1. The third-order valence-corrected chi connectivity index (χ3v) is 3.56. The standard InChI is InChI=1S/C17H15NO4/c1-10-3-5-12(6-4-10)15-9-14(22-18-15)7-13-8-16(11(2)19)21-17(13)20/h3-7,9,16H,8H2,1-2H3/b13-7+. The van der Waals surface area contributed by atoms with Crippen LogP contribution in [-0.4, -0.2) is 23.0 Å². The first-order valence-corrected chi connectivity index (χ1v) is 6.98. The second-order valence-electron chi connectivity index (χ2n) is 5.36. The number of carbonyl (C=O) groups is 2. The van der Waals surface area contributed by atoms with Crippen molar-refractivity contribution < 1.29 is 18.8 Å². The van der Waals surface area contributed by atoms with Gasteiger partial charge in [-0.05, 0) is 19.9 Å². The van der Waals surface area contributed by atoms with Crippen LogP contribution in [0.15, 0.2) is 40.4 Å². The maximum absolute atomic E-state index is 11.7. The van der Waals surface area contributed by atoms with Crippen molar-refractivity contribution in [1.82, 2.24) is 5.16 Å². The van der Waals surface area contributed by atoms with Crippen LogP contribution in [0.25, 0.3) is 17.3 Å². The normalized spacial score (nSPS) is 19.5. The Morgan fingerprint density at radius 2 is 2.05 bits per heavy atom. The number of benzene rings is 1. The Labute approximate surface area is 127 Å². The van der Waals surface area contributed by atoms with Gasteiger partial charge in [0, 0.05) is 23.6 Å². The fraction of sp³-hybridized carbons (Fsp3) is 0.235. The van der Waals surface area contributed by atoms with E-state index in [-0.39, 0.29) is 12.2 Å². The Balaban J connectivity index is 1.82. The lowest BCUT2D eigenvalue weighted by molar-refractivity contribution is -0.144. The molecule has 112 valence electrons. The molecule has 1 aromatic carbocycles. The summed E-state index contributed by atoms with van der Waals surface area (Å²) in [5.41, 5.74) is 3.22. The number of ketones is 1. The summed E-state index contributed by atoms with van der Waals surface area (Å²) in [5.74, 6) is -0.171. The number of ether oxygens (including phenoxy) is 1. The van der Waals surface area contributed by atoms with E-state index < -0.39 is 12.1 Å². The van der Waals surface area contributed by atoms with E-state index in [0.717, 1.165) is 5.56 Å². The molecule has 1 aromatic heterocycles. The van der Waals surface area contributed by atoms with Gasteiger partial charge in [-0.1, -0.05) is 35.0 Å². The lowest BCUT2D eigenvalue weighted by Crippen LogP contribution is -2.16. The highest BCUT2D eigenvalue weighted by molar-refractivity contribution is 5.99. The number of hydrogen-bond acceptors (Lipinski definition) is 5. The maximum atomic E-state index is 11.7. The van der Waals surface area contributed by atoms with Gasteiger partial charge in [-0.15, -0.1) is 0 Å². The lowest BCUT2D eigenvalue weighted by Gasteiger charge is -2.00. The van der Waals surface area contributed by atoms with E-state index in [0.29, 0.717) is 17.0 Å². The smallest absolute Gasteiger partial charge is 0.335 e. The Bertz CT molecular complexity index is 755. The second kappa shape index (κ2) is 5.60. The number of hydrogen-bond donors (Lipinski definition) is 0. The summed E-state index contributed by atoms with van der Waals surface area (Å²) in [6.07, 6.45) is 1.17. The number of rotatable bonds is 3. The van der Waals surface area contributed by atoms with Gasteiger partial charge in [-0.3, -0.25) is 4.79 Å². The zero-order valence-electron chi connectivity index (χ0n) is 12.3. The van der Waals surface area contributed by atoms with Gasteiger partial charge in [0.2, 0.25) is 0 Å². The minimum absolute atomic E-state index is 0.158. The lowest BCUT2D eigenvalue weighted by atomic mass is 10.1. The molecule has 0 N–H and O–H groups in total. The molecule has 1 atom stereocenters. The zero-order chi connectivity index (χ0) is 15.7. The molecular weight excluding hydrogens is 282 g/mol. The minimum atomic E-state index is -0.682. The van der Waals surface area contributed by atoms with E-state index in [9.17, 15) is 9.59 Å². The van der Waals surface area contributed by atoms with Gasteiger partial charge >= 0.3 is 5.97 Å². The summed E-state index contributed by atoms with van der Waals surface area (Å²) >= 11 is 0. The monoisotopic (exact) mass is 297 g/mol. The van der Waals surface area contributed by atoms with Gasteiger partial charge < -0.3 is 9.26 Å². The molecule has 1 fully saturated rings. The molecule has 0 amide bonds. The number of Topliss-reactive ketones (excluding diaryl/α,β-unsaturated/α-hetero) is 1. The maximum Gasteiger partial charge on any atom is 0.335 e. The van der Waals surface area contributed by atoms with Crippen molar-refractivity contribution in [3.05, 3.63) is 47.2 Å². The molecule has 0 saturated carbocycles. The average Bonchev–Trinajstić information content (AvgIpc) is 3.08. The molecule has 0 spiro atoms. The highest BCUT2D eigenvalue weighted by Gasteiger charge is 2.32. The van der Waals surface area contributed by atoms with Gasteiger partial charge in [0.05, 0.1) is 0 Å². The van der Waals surface area contributed by atoms with Gasteiger partial charge in [0.15, 0.2) is 17.6 Å². The van der Waals surface area contributed by atoms with E-state index >= 15 is 0 Å². The minimum Gasteiger partial charge on any atom is -0.451 e. The first-order chi connectivity index (χ1) is 10.5. The van der Waals surface area contributed by atoms with Crippen LogP contribution in [0.3, 0.4) is 0 Å². The Hall–Kier alpha value is -2.69. The molecule has 0 radical (unpaired) electrons. The summed E-state index contributed by atoms with van der Waals surface area (Å²) in [6, 6.07) is 9.66. The van der Waals surface area contributed by atoms with Crippen molar-refractivity contribution in [1.29, 1.82) is 0 Å². The third-order valence-electron chi connectivity index (χ3n) is 3.56. The number of nitrogens with zero attached hydrogens (tertiary/aromatic N) is 1. The van der Waals surface area contributed by atoms with Crippen molar-refractivity contribution in [3.8, 4) is 11.3 Å². The number of cyclic esters (lactones) is 1. The number of esters is 1. The first-order valence-electron chi connectivity index (χ1n) is 6.98. The van der Waals surface area contributed by atoms with Crippen molar-refractivity contribution in [2.45, 2.75) is 26.4 Å². The molecule has 2 heterocycles. The van der Waals surface area contributed by atoms with Crippen LogP contribution < -0.4 is 0 Å². The molecule has 1 unspecified atom stereocenters. The Morgan fingerprint density at radius 1 is 1.32 bits per heavy atom. The Kier molecular flexibility index (Phi) is 3.63. The van der Waals surface area contributed by atoms with Crippen molar-refractivity contribution in [2.75, 3.05) is 0 Å². The van der Waals surface area contributed by atoms with E-state index in [2.05, 4.69) is 5.16 Å². The number of aromatic nitrogens is 1. The van der Waals surface area contributed by atoms with Crippen LogP contribution in [0.4, 0.5) is 0 Å². The average molecular weight is 297 g/mol. The van der Waals surface area contributed by atoms with E-state index in [4.69, 9.17) is 9.26 Å². The van der Waals surface area contributed by atoms with Crippen LogP contribution in [0.5, 0.6) is 0 Å². The molecule has 5 nitrogen and oxygen atoms in total. The summed E-state index contributed by atoms with van der Waals surface area (Å²) in [4.78, 5) is 23.0. The second-order valence-corrected chi connectivity index (χ2v) is 5.36. The van der Waals surface area contributed by atoms with E-state index in [1.165, 1.54) is 12.5 Å². The molecule has 5 heteroatoms. The topological polar surface area (TPSA) is 69.4 Å². The molecule has 1 saturated heterocycles. The largest absolute Gasteiger partial charge is 0.451 e.